The number of benzene rings is 2. The Morgan fingerprint density at radius 3 is 2.32 bits per heavy atom. The second kappa shape index (κ2) is 7.38. The molecule has 2 aromatic carbocycles. The molecule has 0 amide bonds. The summed E-state index contributed by atoms with van der Waals surface area (Å²) in [7, 11) is 1.56. The number of aryl methyl sites for hydroxylation is 1. The maximum absolute atomic E-state index is 12.0. The molecule has 0 saturated carbocycles. The molecule has 0 heterocycles. The van der Waals surface area contributed by atoms with Crippen LogP contribution in [0.25, 0.3) is 0 Å². The van der Waals surface area contributed by atoms with Gasteiger partial charge in [-0.25, -0.2) is 4.21 Å². The number of nitriles is 1. The van der Waals surface area contributed by atoms with Crippen molar-refractivity contribution in [3.05, 3.63) is 59.7 Å². The summed E-state index contributed by atoms with van der Waals surface area (Å²) in [4.78, 5) is 0.487. The number of rotatable bonds is 5. The molecule has 2 aromatic rings. The Morgan fingerprint density at radius 2 is 1.77 bits per heavy atom. The monoisotopic (exact) mass is 314 g/mol. The van der Waals surface area contributed by atoms with E-state index in [-0.39, 0.29) is 5.71 Å². The topological polar surface area (TPSA) is 71.7 Å². The Kier molecular flexibility index (Phi) is 5.28. The Morgan fingerprint density at radius 1 is 1.14 bits per heavy atom. The predicted octanol–water partition coefficient (Wildman–Crippen LogP) is 2.97. The van der Waals surface area contributed by atoms with Gasteiger partial charge in [0, 0.05) is 5.56 Å². The molecule has 0 aliphatic carbocycles. The van der Waals surface area contributed by atoms with E-state index >= 15 is 0 Å². The number of hydrogen-bond donors (Lipinski definition) is 0. The highest BCUT2D eigenvalue weighted by Crippen LogP contribution is 2.13. The normalized spacial score (nSPS) is 12.3. The highest BCUT2D eigenvalue weighted by atomic mass is 32.2. The molecule has 0 fully saturated rings. The van der Waals surface area contributed by atoms with Crippen LogP contribution >= 0.6 is 0 Å². The smallest absolute Gasteiger partial charge is 0.265 e. The van der Waals surface area contributed by atoms with Crippen molar-refractivity contribution in [1.82, 2.24) is 0 Å². The van der Waals surface area contributed by atoms with Gasteiger partial charge in [-0.05, 0) is 43.3 Å². The lowest BCUT2D eigenvalue weighted by molar-refractivity contribution is 0.374. The third-order valence-electron chi connectivity index (χ3n) is 2.88. The molecule has 6 heteroatoms. The molecule has 0 bridgehead atoms. The molecule has 0 saturated heterocycles. The molecule has 0 radical (unpaired) electrons. The van der Waals surface area contributed by atoms with Gasteiger partial charge in [0.15, 0.2) is 5.71 Å². The lowest BCUT2D eigenvalue weighted by Gasteiger charge is -2.02. The van der Waals surface area contributed by atoms with Gasteiger partial charge in [-0.2, -0.15) is 5.26 Å². The summed E-state index contributed by atoms with van der Waals surface area (Å²) in [6, 6.07) is 15.7. The summed E-state index contributed by atoms with van der Waals surface area (Å²) >= 11 is -1.76. The van der Waals surface area contributed by atoms with Crippen LogP contribution in [0, 0.1) is 18.3 Å². The molecular formula is C16H14N2O3S. The third-order valence-corrected chi connectivity index (χ3v) is 3.75. The van der Waals surface area contributed by atoms with E-state index in [1.54, 1.807) is 43.5 Å². The van der Waals surface area contributed by atoms with Crippen LogP contribution in [0.1, 0.15) is 11.1 Å². The van der Waals surface area contributed by atoms with Gasteiger partial charge in [-0.3, -0.25) is 4.28 Å². The van der Waals surface area contributed by atoms with Gasteiger partial charge < -0.3 is 4.74 Å². The highest BCUT2D eigenvalue weighted by molar-refractivity contribution is 7.80. The summed E-state index contributed by atoms with van der Waals surface area (Å²) in [6.45, 7) is 1.93. The average Bonchev–Trinajstić information content (AvgIpc) is 2.56. The largest absolute Gasteiger partial charge is 0.497 e. The van der Waals surface area contributed by atoms with Gasteiger partial charge >= 0.3 is 0 Å². The molecule has 0 N–H and O–H groups in total. The van der Waals surface area contributed by atoms with Crippen LogP contribution in [0.3, 0.4) is 0 Å². The lowest BCUT2D eigenvalue weighted by atomic mass is 10.1. The predicted molar refractivity (Wildman–Crippen MR) is 83.8 cm³/mol. The van der Waals surface area contributed by atoms with Crippen LogP contribution < -0.4 is 4.74 Å². The molecule has 0 aromatic heterocycles. The van der Waals surface area contributed by atoms with E-state index in [2.05, 4.69) is 5.16 Å². The average molecular weight is 314 g/mol. The maximum atomic E-state index is 12.0. The molecule has 112 valence electrons. The van der Waals surface area contributed by atoms with Gasteiger partial charge in [0.25, 0.3) is 11.1 Å². The maximum Gasteiger partial charge on any atom is 0.265 e. The van der Waals surface area contributed by atoms with Crippen LogP contribution in [0.4, 0.5) is 0 Å². The fraction of sp³-hybridized carbons (Fsp3) is 0.125. The lowest BCUT2D eigenvalue weighted by Crippen LogP contribution is -2.01. The molecular weight excluding hydrogens is 300 g/mol. The van der Waals surface area contributed by atoms with Gasteiger partial charge in [0.2, 0.25) is 0 Å². The van der Waals surface area contributed by atoms with E-state index in [0.717, 1.165) is 5.56 Å². The van der Waals surface area contributed by atoms with Crippen molar-refractivity contribution < 1.29 is 13.2 Å². The first kappa shape index (κ1) is 15.7. The van der Waals surface area contributed by atoms with Crippen molar-refractivity contribution in [2.24, 2.45) is 5.16 Å². The Labute approximate surface area is 131 Å². The number of methoxy groups -OCH3 is 1. The summed E-state index contributed by atoms with van der Waals surface area (Å²) in [5.41, 5.74) is 1.66. The van der Waals surface area contributed by atoms with Gasteiger partial charge in [-0.15, -0.1) is 0 Å². The standard InChI is InChI=1S/C16H14N2O3S/c1-12-3-9-15(10-4-12)22(19)21-18-16(11-17)13-5-7-14(20-2)8-6-13/h3-10H,1-2H3/b18-16+. The number of hydrogen-bond acceptors (Lipinski definition) is 5. The SMILES string of the molecule is COc1ccc(/C(C#N)=N/OS(=O)c2ccc(C)cc2)cc1. The Hall–Kier alpha value is -2.65. The second-order valence-corrected chi connectivity index (χ2v) is 5.49. The molecule has 0 aliphatic rings. The second-order valence-electron chi connectivity index (χ2n) is 4.40. The summed E-state index contributed by atoms with van der Waals surface area (Å²) < 4.78 is 21.9. The van der Waals surface area contributed by atoms with Crippen LogP contribution in [0.2, 0.25) is 0 Å². The van der Waals surface area contributed by atoms with Crippen molar-refractivity contribution in [3.63, 3.8) is 0 Å². The fourth-order valence-electron chi connectivity index (χ4n) is 1.65. The quantitative estimate of drug-likeness (QED) is 0.628. The zero-order valence-electron chi connectivity index (χ0n) is 12.1. The van der Waals surface area contributed by atoms with Gasteiger partial charge in [0.1, 0.15) is 11.8 Å². The van der Waals surface area contributed by atoms with Gasteiger partial charge in [0.05, 0.1) is 12.0 Å². The minimum Gasteiger partial charge on any atom is -0.497 e. The van der Waals surface area contributed by atoms with Crippen LogP contribution in [0.5, 0.6) is 5.75 Å². The number of oxime groups is 1. The van der Waals surface area contributed by atoms with E-state index in [4.69, 9.17) is 14.3 Å². The highest BCUT2D eigenvalue weighted by Gasteiger charge is 2.08. The summed E-state index contributed by atoms with van der Waals surface area (Å²) in [5, 5.41) is 12.8. The molecule has 22 heavy (non-hydrogen) atoms. The van der Waals surface area contributed by atoms with E-state index in [1.807, 2.05) is 25.1 Å². The number of ether oxygens (including phenoxy) is 1. The van der Waals surface area contributed by atoms with E-state index in [0.29, 0.717) is 16.2 Å². The summed E-state index contributed by atoms with van der Waals surface area (Å²) in [6.07, 6.45) is 0. The van der Waals surface area contributed by atoms with E-state index in [9.17, 15) is 4.21 Å². The van der Waals surface area contributed by atoms with Crippen LogP contribution in [-0.4, -0.2) is 17.0 Å². The van der Waals surface area contributed by atoms with E-state index < -0.39 is 11.1 Å². The number of nitrogens with zero attached hydrogens (tertiary/aromatic N) is 2. The molecule has 2 rings (SSSR count). The first-order valence-corrected chi connectivity index (χ1v) is 7.50. The van der Waals surface area contributed by atoms with Crippen molar-refractivity contribution >= 4 is 16.8 Å². The minimum atomic E-state index is -1.76. The third kappa shape index (κ3) is 3.93. The molecule has 1 atom stereocenters. The first-order chi connectivity index (χ1) is 10.6. The Bertz CT molecular complexity index is 731. The molecule has 1 unspecified atom stereocenters. The molecule has 0 spiro atoms. The van der Waals surface area contributed by atoms with Gasteiger partial charge in [-0.1, -0.05) is 22.9 Å². The fourth-order valence-corrected chi connectivity index (χ4v) is 2.24. The van der Waals surface area contributed by atoms with Crippen LogP contribution in [-0.2, 0) is 15.4 Å². The van der Waals surface area contributed by atoms with Crippen LogP contribution in [0.15, 0.2) is 58.6 Å². The minimum absolute atomic E-state index is 0.0446. The van der Waals surface area contributed by atoms with Crippen molar-refractivity contribution in [1.29, 1.82) is 5.26 Å². The van der Waals surface area contributed by atoms with Crippen molar-refractivity contribution in [3.8, 4) is 11.8 Å². The van der Waals surface area contributed by atoms with Crippen molar-refractivity contribution in [2.75, 3.05) is 7.11 Å². The molecule has 5 nitrogen and oxygen atoms in total. The zero-order chi connectivity index (χ0) is 15.9. The summed E-state index contributed by atoms with van der Waals surface area (Å²) in [5.74, 6) is 0.671. The first-order valence-electron chi connectivity index (χ1n) is 6.42. The Balaban J connectivity index is 2.13. The van der Waals surface area contributed by atoms with E-state index in [1.165, 1.54) is 0 Å². The van der Waals surface area contributed by atoms with Crippen molar-refractivity contribution in [2.45, 2.75) is 11.8 Å². The molecule has 0 aliphatic heterocycles. The zero-order valence-corrected chi connectivity index (χ0v) is 13.0.